The molecule has 0 aromatic heterocycles. The summed E-state index contributed by atoms with van der Waals surface area (Å²) >= 11 is 3.66. The van der Waals surface area contributed by atoms with Gasteiger partial charge in [-0.3, -0.25) is 0 Å². The molecule has 1 aromatic rings. The van der Waals surface area contributed by atoms with E-state index in [9.17, 15) is 4.39 Å². The predicted octanol–water partition coefficient (Wildman–Crippen LogP) is 6.41. The van der Waals surface area contributed by atoms with Crippen LogP contribution in [0.5, 0.6) is 5.75 Å². The van der Waals surface area contributed by atoms with Gasteiger partial charge in [0.15, 0.2) is 0 Å². The summed E-state index contributed by atoms with van der Waals surface area (Å²) in [6, 6.07) is 4.71. The third-order valence-electron chi connectivity index (χ3n) is 3.59. The molecule has 114 valence electrons. The van der Waals surface area contributed by atoms with Gasteiger partial charge in [0.1, 0.15) is 11.6 Å². The van der Waals surface area contributed by atoms with Crippen LogP contribution in [0.3, 0.4) is 0 Å². The molecule has 20 heavy (non-hydrogen) atoms. The Hall–Kier alpha value is -0.570. The molecule has 0 saturated carbocycles. The molecule has 1 rings (SSSR count). The van der Waals surface area contributed by atoms with Gasteiger partial charge in [0.25, 0.3) is 0 Å². The van der Waals surface area contributed by atoms with Crippen LogP contribution >= 0.6 is 15.9 Å². The lowest BCUT2D eigenvalue weighted by molar-refractivity contribution is 0.407. The fraction of sp³-hybridized carbons (Fsp3) is 0.647. The highest BCUT2D eigenvalue weighted by Gasteiger charge is 2.13. The summed E-state index contributed by atoms with van der Waals surface area (Å²) < 4.78 is 18.6. The fourth-order valence-electron chi connectivity index (χ4n) is 2.39. The van der Waals surface area contributed by atoms with Gasteiger partial charge in [-0.15, -0.1) is 0 Å². The molecule has 0 radical (unpaired) electrons. The first-order valence-electron chi connectivity index (χ1n) is 7.66. The van der Waals surface area contributed by atoms with Crippen LogP contribution in [0, 0.1) is 5.82 Å². The van der Waals surface area contributed by atoms with Gasteiger partial charge in [0, 0.05) is 10.4 Å². The van der Waals surface area contributed by atoms with Crippen LogP contribution in [0.4, 0.5) is 4.39 Å². The average molecular weight is 345 g/mol. The zero-order chi connectivity index (χ0) is 14.8. The Balaban J connectivity index is 2.32. The highest BCUT2D eigenvalue weighted by molar-refractivity contribution is 9.09. The molecule has 1 unspecified atom stereocenters. The van der Waals surface area contributed by atoms with Crippen molar-refractivity contribution in [2.45, 2.75) is 63.1 Å². The van der Waals surface area contributed by atoms with Crippen LogP contribution in [0.1, 0.15) is 68.7 Å². The molecule has 3 heteroatoms. The van der Waals surface area contributed by atoms with Gasteiger partial charge in [-0.2, -0.15) is 0 Å². The molecule has 1 nitrogen and oxygen atoms in total. The van der Waals surface area contributed by atoms with Gasteiger partial charge in [-0.1, -0.05) is 67.8 Å². The number of hydrogen-bond donors (Lipinski definition) is 0. The maximum atomic E-state index is 13.3. The topological polar surface area (TPSA) is 9.23 Å². The second-order valence-corrected chi connectivity index (χ2v) is 6.37. The number of benzene rings is 1. The van der Waals surface area contributed by atoms with Crippen molar-refractivity contribution >= 4 is 15.9 Å². The molecular weight excluding hydrogens is 319 g/mol. The van der Waals surface area contributed by atoms with Crippen molar-refractivity contribution in [3.05, 3.63) is 29.6 Å². The molecule has 0 bridgehead atoms. The minimum atomic E-state index is -0.204. The number of unbranched alkanes of at least 4 members (excludes halogenated alkanes) is 6. The molecule has 0 amide bonds. The minimum absolute atomic E-state index is 0.170. The summed E-state index contributed by atoms with van der Waals surface area (Å²) in [5.41, 5.74) is 0.915. The molecule has 1 atom stereocenters. The monoisotopic (exact) mass is 344 g/mol. The van der Waals surface area contributed by atoms with E-state index in [1.807, 2.05) is 0 Å². The van der Waals surface area contributed by atoms with Crippen molar-refractivity contribution in [1.82, 2.24) is 0 Å². The molecule has 0 aliphatic heterocycles. The van der Waals surface area contributed by atoms with Gasteiger partial charge in [0.2, 0.25) is 0 Å². The van der Waals surface area contributed by atoms with E-state index >= 15 is 0 Å². The first-order chi connectivity index (χ1) is 9.69. The van der Waals surface area contributed by atoms with Gasteiger partial charge in [-0.25, -0.2) is 4.39 Å². The zero-order valence-electron chi connectivity index (χ0n) is 12.6. The zero-order valence-corrected chi connectivity index (χ0v) is 14.2. The molecule has 0 saturated heterocycles. The first-order valence-corrected chi connectivity index (χ1v) is 8.58. The Morgan fingerprint density at radius 3 is 2.40 bits per heavy atom. The quantitative estimate of drug-likeness (QED) is 0.352. The van der Waals surface area contributed by atoms with Crippen molar-refractivity contribution in [3.8, 4) is 5.75 Å². The van der Waals surface area contributed by atoms with E-state index in [4.69, 9.17) is 4.74 Å². The summed E-state index contributed by atoms with van der Waals surface area (Å²) in [6.07, 6.45) is 10.1. The van der Waals surface area contributed by atoms with Crippen LogP contribution in [0.2, 0.25) is 0 Å². The van der Waals surface area contributed by atoms with Crippen molar-refractivity contribution in [2.24, 2.45) is 0 Å². The minimum Gasteiger partial charge on any atom is -0.496 e. The van der Waals surface area contributed by atoms with Crippen LogP contribution < -0.4 is 4.74 Å². The van der Waals surface area contributed by atoms with E-state index < -0.39 is 0 Å². The second kappa shape index (κ2) is 10.2. The Bertz CT molecular complexity index is 381. The number of hydrogen-bond acceptors (Lipinski definition) is 1. The summed E-state index contributed by atoms with van der Waals surface area (Å²) in [4.78, 5) is 0.170. The molecule has 0 aliphatic rings. The number of ether oxygens (including phenoxy) is 1. The molecule has 1 aromatic carbocycles. The number of alkyl halides is 1. The SMILES string of the molecule is CCCCCCCCCC(Br)c1cc(F)ccc1OC. The largest absolute Gasteiger partial charge is 0.496 e. The van der Waals surface area contributed by atoms with Gasteiger partial charge >= 0.3 is 0 Å². The van der Waals surface area contributed by atoms with E-state index in [1.54, 1.807) is 19.2 Å². The highest BCUT2D eigenvalue weighted by Crippen LogP contribution is 2.35. The van der Waals surface area contributed by atoms with Crippen LogP contribution in [0.25, 0.3) is 0 Å². The van der Waals surface area contributed by atoms with Crippen LogP contribution in [-0.2, 0) is 0 Å². The standard InChI is InChI=1S/C17H26BrFO/c1-3-4-5-6-7-8-9-10-16(18)15-13-14(19)11-12-17(15)20-2/h11-13,16H,3-10H2,1-2H3. The molecule has 0 fully saturated rings. The van der Waals surface area contributed by atoms with E-state index in [0.29, 0.717) is 0 Å². The lowest BCUT2D eigenvalue weighted by atomic mass is 10.0. The van der Waals surface area contributed by atoms with Crippen molar-refractivity contribution in [1.29, 1.82) is 0 Å². The molecular formula is C17H26BrFO. The van der Waals surface area contributed by atoms with Gasteiger partial charge in [-0.05, 0) is 24.6 Å². The summed E-state index contributed by atoms with van der Waals surface area (Å²) in [6.45, 7) is 2.24. The number of methoxy groups -OCH3 is 1. The fourth-order valence-corrected chi connectivity index (χ4v) is 3.07. The predicted molar refractivity (Wildman–Crippen MR) is 87.2 cm³/mol. The highest BCUT2D eigenvalue weighted by atomic mass is 79.9. The molecule has 0 N–H and O–H groups in total. The van der Waals surface area contributed by atoms with E-state index in [2.05, 4.69) is 22.9 Å². The summed E-state index contributed by atoms with van der Waals surface area (Å²) in [5, 5.41) is 0. The van der Waals surface area contributed by atoms with Gasteiger partial charge < -0.3 is 4.74 Å². The van der Waals surface area contributed by atoms with Crippen molar-refractivity contribution in [3.63, 3.8) is 0 Å². The number of halogens is 2. The van der Waals surface area contributed by atoms with Crippen molar-refractivity contribution < 1.29 is 9.13 Å². The Labute approximate surface area is 131 Å². The smallest absolute Gasteiger partial charge is 0.123 e. The van der Waals surface area contributed by atoms with Crippen LogP contribution in [-0.4, -0.2) is 7.11 Å². The van der Waals surface area contributed by atoms with E-state index in [0.717, 1.165) is 17.7 Å². The molecule has 0 spiro atoms. The summed E-state index contributed by atoms with van der Waals surface area (Å²) in [7, 11) is 1.63. The molecule has 0 aliphatic carbocycles. The van der Waals surface area contributed by atoms with Crippen LogP contribution in [0.15, 0.2) is 18.2 Å². The Morgan fingerprint density at radius 1 is 1.10 bits per heavy atom. The average Bonchev–Trinajstić information content (AvgIpc) is 2.46. The maximum Gasteiger partial charge on any atom is 0.123 e. The van der Waals surface area contributed by atoms with Gasteiger partial charge in [0.05, 0.1) is 7.11 Å². The van der Waals surface area contributed by atoms with Crippen molar-refractivity contribution in [2.75, 3.05) is 7.11 Å². The second-order valence-electron chi connectivity index (χ2n) is 5.26. The summed E-state index contributed by atoms with van der Waals surface area (Å²) in [5.74, 6) is 0.557. The third-order valence-corrected chi connectivity index (χ3v) is 4.54. The Kier molecular flexibility index (Phi) is 8.92. The Morgan fingerprint density at radius 2 is 1.75 bits per heavy atom. The normalized spacial score (nSPS) is 12.4. The first kappa shape index (κ1) is 17.5. The lowest BCUT2D eigenvalue weighted by Gasteiger charge is -2.14. The lowest BCUT2D eigenvalue weighted by Crippen LogP contribution is -1.96. The maximum absolute atomic E-state index is 13.3. The third kappa shape index (κ3) is 6.25. The number of rotatable bonds is 10. The molecule has 0 heterocycles. The van der Waals surface area contributed by atoms with E-state index in [1.165, 1.54) is 51.0 Å². The van der Waals surface area contributed by atoms with E-state index in [-0.39, 0.29) is 10.6 Å².